The monoisotopic (exact) mass is 470 g/mol. The van der Waals surface area contributed by atoms with Crippen molar-refractivity contribution < 1.29 is 35.2 Å². The first-order chi connectivity index (χ1) is 15.1. The van der Waals surface area contributed by atoms with E-state index in [1.165, 1.54) is 13.2 Å². The zero-order valence-corrected chi connectivity index (χ0v) is 18.6. The Morgan fingerprint density at radius 3 is 2.19 bits per heavy atom. The van der Waals surface area contributed by atoms with E-state index in [-0.39, 0.29) is 23.3 Å². The minimum absolute atomic E-state index is 0.0306. The van der Waals surface area contributed by atoms with Crippen molar-refractivity contribution in [3.05, 3.63) is 53.1 Å². The van der Waals surface area contributed by atoms with Crippen molar-refractivity contribution in [2.75, 3.05) is 14.2 Å². The van der Waals surface area contributed by atoms with Gasteiger partial charge in [0.05, 0.1) is 14.2 Å². The second-order valence-electron chi connectivity index (χ2n) is 8.32. The molecule has 0 N–H and O–H groups in total. The molecule has 2 aromatic carbocycles. The van der Waals surface area contributed by atoms with Gasteiger partial charge in [0.2, 0.25) is 0 Å². The first-order valence-corrected chi connectivity index (χ1v) is 11.9. The largest absolute Gasteiger partial charge is 0.534 e. The van der Waals surface area contributed by atoms with Crippen molar-refractivity contribution in [1.29, 1.82) is 0 Å². The van der Waals surface area contributed by atoms with Crippen LogP contribution in [0.25, 0.3) is 0 Å². The highest BCUT2D eigenvalue weighted by molar-refractivity contribution is 7.88. The Morgan fingerprint density at radius 2 is 1.56 bits per heavy atom. The molecule has 1 saturated carbocycles. The molecule has 32 heavy (non-hydrogen) atoms. The van der Waals surface area contributed by atoms with Crippen molar-refractivity contribution in [3.63, 3.8) is 0 Å². The Labute approximate surface area is 185 Å². The number of hydrogen-bond acceptors (Lipinski definition) is 5. The van der Waals surface area contributed by atoms with Crippen molar-refractivity contribution in [1.82, 2.24) is 0 Å². The van der Waals surface area contributed by atoms with Crippen molar-refractivity contribution in [2.45, 2.75) is 49.4 Å². The molecule has 0 bridgehead atoms. The van der Waals surface area contributed by atoms with Crippen LogP contribution in [0.15, 0.2) is 36.4 Å². The Bertz CT molecular complexity index is 1080. The molecular formula is C23H25F3O5S. The average molecular weight is 471 g/mol. The number of alkyl halides is 3. The SMILES string of the molecule is COc1ccc(C2Cc3c(OS(=O)(=O)C(F)(F)F)cc(OC)cc3C3CCCCC23)cc1. The number of methoxy groups -OCH3 is 2. The van der Waals surface area contributed by atoms with Gasteiger partial charge in [-0.05, 0) is 66.3 Å². The zero-order valence-electron chi connectivity index (χ0n) is 17.8. The van der Waals surface area contributed by atoms with Gasteiger partial charge >= 0.3 is 15.6 Å². The molecule has 174 valence electrons. The van der Waals surface area contributed by atoms with E-state index in [9.17, 15) is 21.6 Å². The fourth-order valence-corrected chi connectivity index (χ4v) is 5.64. The molecule has 0 spiro atoms. The van der Waals surface area contributed by atoms with Gasteiger partial charge in [-0.3, -0.25) is 0 Å². The average Bonchev–Trinajstić information content (AvgIpc) is 2.77. The first kappa shape index (κ1) is 22.8. The number of benzene rings is 2. The van der Waals surface area contributed by atoms with Gasteiger partial charge in [0, 0.05) is 11.6 Å². The lowest BCUT2D eigenvalue weighted by Crippen LogP contribution is -2.32. The third-order valence-corrected chi connectivity index (χ3v) is 7.61. The summed E-state index contributed by atoms with van der Waals surface area (Å²) >= 11 is 0. The summed E-state index contributed by atoms with van der Waals surface area (Å²) in [6.07, 6.45) is 4.34. The van der Waals surface area contributed by atoms with Crippen LogP contribution in [0.5, 0.6) is 17.2 Å². The minimum Gasteiger partial charge on any atom is -0.497 e. The van der Waals surface area contributed by atoms with Crippen LogP contribution in [0.2, 0.25) is 0 Å². The topological polar surface area (TPSA) is 61.8 Å². The molecule has 3 unspecified atom stereocenters. The third kappa shape index (κ3) is 4.14. The molecule has 0 aliphatic heterocycles. The van der Waals surface area contributed by atoms with Crippen LogP contribution in [0, 0.1) is 5.92 Å². The van der Waals surface area contributed by atoms with Gasteiger partial charge in [0.25, 0.3) is 0 Å². The summed E-state index contributed by atoms with van der Waals surface area (Å²) in [5.74, 6) is 1.11. The highest BCUT2D eigenvalue weighted by Gasteiger charge is 2.49. The molecular weight excluding hydrogens is 445 g/mol. The van der Waals surface area contributed by atoms with Gasteiger partial charge < -0.3 is 13.7 Å². The van der Waals surface area contributed by atoms with Crippen LogP contribution in [-0.2, 0) is 16.5 Å². The summed E-state index contributed by atoms with van der Waals surface area (Å²) in [6.45, 7) is 0. The van der Waals surface area contributed by atoms with E-state index >= 15 is 0 Å². The summed E-state index contributed by atoms with van der Waals surface area (Å²) in [5, 5.41) is 0. The van der Waals surface area contributed by atoms with Gasteiger partial charge in [0.15, 0.2) is 0 Å². The van der Waals surface area contributed by atoms with Gasteiger partial charge in [-0.2, -0.15) is 21.6 Å². The molecule has 1 fully saturated rings. The smallest absolute Gasteiger partial charge is 0.497 e. The maximum Gasteiger partial charge on any atom is 0.534 e. The maximum atomic E-state index is 13.1. The molecule has 2 aliphatic carbocycles. The molecule has 0 saturated heterocycles. The Morgan fingerprint density at radius 1 is 0.906 bits per heavy atom. The molecule has 2 aromatic rings. The zero-order chi connectivity index (χ0) is 23.1. The van der Waals surface area contributed by atoms with Crippen LogP contribution in [0.3, 0.4) is 0 Å². The second kappa shape index (κ2) is 8.50. The molecule has 2 aliphatic rings. The Balaban J connectivity index is 1.82. The first-order valence-electron chi connectivity index (χ1n) is 10.5. The van der Waals surface area contributed by atoms with Gasteiger partial charge in [-0.15, -0.1) is 0 Å². The number of hydrogen-bond donors (Lipinski definition) is 0. The summed E-state index contributed by atoms with van der Waals surface area (Å²) < 4.78 is 78.0. The fourth-order valence-electron chi connectivity index (χ4n) is 5.16. The van der Waals surface area contributed by atoms with Crippen molar-refractivity contribution >= 4 is 10.1 Å². The van der Waals surface area contributed by atoms with Crippen LogP contribution < -0.4 is 13.7 Å². The van der Waals surface area contributed by atoms with Crippen LogP contribution >= 0.6 is 0 Å². The molecule has 0 amide bonds. The second-order valence-corrected chi connectivity index (χ2v) is 9.85. The summed E-state index contributed by atoms with van der Waals surface area (Å²) in [4.78, 5) is 0. The number of fused-ring (bicyclic) bond motifs is 3. The minimum atomic E-state index is -5.80. The molecule has 3 atom stereocenters. The lowest BCUT2D eigenvalue weighted by molar-refractivity contribution is -0.0500. The van der Waals surface area contributed by atoms with Gasteiger partial charge in [0.1, 0.15) is 17.2 Å². The van der Waals surface area contributed by atoms with E-state index in [1.54, 1.807) is 7.11 Å². The van der Waals surface area contributed by atoms with E-state index in [0.717, 1.165) is 42.6 Å². The lowest BCUT2D eigenvalue weighted by atomic mass is 9.61. The predicted molar refractivity (Wildman–Crippen MR) is 113 cm³/mol. The summed E-state index contributed by atoms with van der Waals surface area (Å²) in [6, 6.07) is 10.7. The normalized spacial score (nSPS) is 23.1. The highest BCUT2D eigenvalue weighted by Crippen LogP contribution is 2.54. The van der Waals surface area contributed by atoms with E-state index in [4.69, 9.17) is 9.47 Å². The molecule has 5 nitrogen and oxygen atoms in total. The standard InChI is InChI=1S/C23H25F3O5S/c1-29-15-9-7-14(8-10-15)19-13-21-20(18-6-4-3-5-17(18)19)11-16(30-2)12-22(21)31-32(27,28)23(24,25)26/h7-12,17-19H,3-6,13H2,1-2H3. The molecule has 9 heteroatoms. The van der Waals surface area contributed by atoms with Crippen molar-refractivity contribution in [3.8, 4) is 17.2 Å². The summed E-state index contributed by atoms with van der Waals surface area (Å²) in [7, 11) is -2.82. The fraction of sp³-hybridized carbons (Fsp3) is 0.478. The van der Waals surface area contributed by atoms with Crippen LogP contribution in [0.1, 0.15) is 54.2 Å². The van der Waals surface area contributed by atoms with Crippen molar-refractivity contribution in [2.24, 2.45) is 5.92 Å². The maximum absolute atomic E-state index is 13.1. The lowest BCUT2D eigenvalue weighted by Gasteiger charge is -2.43. The molecule has 4 rings (SSSR count). The van der Waals surface area contributed by atoms with E-state index in [1.807, 2.05) is 30.3 Å². The van der Waals surface area contributed by atoms with E-state index < -0.39 is 15.6 Å². The molecule has 0 heterocycles. The molecule has 0 aromatic heterocycles. The molecule has 0 radical (unpaired) electrons. The number of ether oxygens (including phenoxy) is 2. The number of halogens is 3. The quantitative estimate of drug-likeness (QED) is 0.424. The van der Waals surface area contributed by atoms with E-state index in [0.29, 0.717) is 17.9 Å². The summed E-state index contributed by atoms with van der Waals surface area (Å²) in [5.41, 5.74) is -3.14. The highest BCUT2D eigenvalue weighted by atomic mass is 32.2. The Hall–Kier alpha value is -2.42. The third-order valence-electron chi connectivity index (χ3n) is 6.64. The Kier molecular flexibility index (Phi) is 6.04. The van der Waals surface area contributed by atoms with Gasteiger partial charge in [-0.25, -0.2) is 0 Å². The number of rotatable bonds is 5. The van der Waals surface area contributed by atoms with Crippen LogP contribution in [-0.4, -0.2) is 28.1 Å². The van der Waals surface area contributed by atoms with E-state index in [2.05, 4.69) is 4.18 Å². The van der Waals surface area contributed by atoms with Crippen LogP contribution in [0.4, 0.5) is 13.2 Å². The predicted octanol–water partition coefficient (Wildman–Crippen LogP) is 5.55. The van der Waals surface area contributed by atoms with Gasteiger partial charge in [-0.1, -0.05) is 25.0 Å².